The van der Waals surface area contributed by atoms with Crippen LogP contribution in [0.15, 0.2) is 35.4 Å². The Balaban J connectivity index is 2.15. The number of nitriles is 1. The van der Waals surface area contributed by atoms with E-state index in [1.807, 2.05) is 22.6 Å². The van der Waals surface area contributed by atoms with Crippen molar-refractivity contribution in [2.75, 3.05) is 0 Å². The molecule has 0 heterocycles. The number of hydrogen-bond acceptors (Lipinski definition) is 4. The molecule has 0 saturated heterocycles. The van der Waals surface area contributed by atoms with Gasteiger partial charge in [-0.3, -0.25) is 4.79 Å². The molecule has 0 aliphatic carbocycles. The Morgan fingerprint density at radius 3 is 2.74 bits per heavy atom. The number of halogens is 3. The number of carbonyl (C=O) groups is 1. The number of rotatable bonds is 3. The van der Waals surface area contributed by atoms with E-state index in [0.29, 0.717) is 9.13 Å². The molecule has 2 aromatic carbocycles. The van der Waals surface area contributed by atoms with E-state index in [1.54, 1.807) is 18.2 Å². The van der Waals surface area contributed by atoms with Gasteiger partial charge in [0, 0.05) is 9.13 Å². The summed E-state index contributed by atoms with van der Waals surface area (Å²) >= 11 is 4.07. The minimum atomic E-state index is -0.802. The summed E-state index contributed by atoms with van der Waals surface area (Å²) in [6.07, 6.45) is 1.28. The zero-order chi connectivity index (χ0) is 17.0. The zero-order valence-corrected chi connectivity index (χ0v) is 15.7. The number of benzene rings is 2. The van der Waals surface area contributed by atoms with Gasteiger partial charge in [-0.05, 0) is 75.5 Å². The first-order valence-electron chi connectivity index (χ1n) is 6.13. The number of nitrogens with one attached hydrogen (secondary N) is 1. The fourth-order valence-electron chi connectivity index (χ4n) is 1.67. The molecule has 8 heteroatoms. The molecular weight excluding hydrogens is 527 g/mol. The van der Waals surface area contributed by atoms with Crippen LogP contribution in [0.1, 0.15) is 21.5 Å². The van der Waals surface area contributed by atoms with E-state index in [1.165, 1.54) is 18.3 Å². The Bertz CT molecular complexity index is 847. The highest BCUT2D eigenvalue weighted by Crippen LogP contribution is 2.25. The smallest absolute Gasteiger partial charge is 0.274 e. The summed E-state index contributed by atoms with van der Waals surface area (Å²) in [5, 5.41) is 22.3. The number of phenolic OH excluding ortho intramolecular Hbond substituents is 1. The Labute approximate surface area is 158 Å². The lowest BCUT2D eigenvalue weighted by molar-refractivity contribution is 0.0951. The van der Waals surface area contributed by atoms with Gasteiger partial charge in [0.05, 0.1) is 27.0 Å². The van der Waals surface area contributed by atoms with Crippen molar-refractivity contribution in [3.8, 4) is 11.8 Å². The van der Waals surface area contributed by atoms with Gasteiger partial charge in [-0.2, -0.15) is 10.4 Å². The number of hydrazone groups is 1. The van der Waals surface area contributed by atoms with Gasteiger partial charge in [-0.15, -0.1) is 0 Å². The molecular formula is C15H8FI2N3O2. The summed E-state index contributed by atoms with van der Waals surface area (Å²) in [5.41, 5.74) is 2.52. The normalized spacial score (nSPS) is 10.5. The lowest BCUT2D eigenvalue weighted by Crippen LogP contribution is -2.19. The van der Waals surface area contributed by atoms with Gasteiger partial charge in [-0.25, -0.2) is 9.82 Å². The standard InChI is InChI=1S/C15H8FI2N3O2/c16-12-3-8(6-19)1-2-11(12)15(23)21-20-7-9-4-10(17)5-13(18)14(9)22/h1-5,7,22H,(H,21,23)/b20-7-. The minimum Gasteiger partial charge on any atom is -0.506 e. The van der Waals surface area contributed by atoms with Gasteiger partial charge in [0.1, 0.15) is 11.6 Å². The van der Waals surface area contributed by atoms with E-state index < -0.39 is 11.7 Å². The molecule has 0 saturated carbocycles. The molecule has 0 fully saturated rings. The van der Waals surface area contributed by atoms with Crippen LogP contribution in [0.3, 0.4) is 0 Å². The van der Waals surface area contributed by atoms with Gasteiger partial charge in [0.25, 0.3) is 5.91 Å². The predicted octanol–water partition coefficient (Wildman–Crippen LogP) is 3.38. The summed E-state index contributed by atoms with van der Waals surface area (Å²) in [6, 6.07) is 8.80. The molecule has 0 atom stereocenters. The van der Waals surface area contributed by atoms with Gasteiger partial charge in [0.2, 0.25) is 0 Å². The molecule has 0 aromatic heterocycles. The van der Waals surface area contributed by atoms with Crippen molar-refractivity contribution >= 4 is 57.3 Å². The maximum absolute atomic E-state index is 13.7. The van der Waals surface area contributed by atoms with Crippen molar-refractivity contribution in [1.82, 2.24) is 5.43 Å². The first kappa shape index (κ1) is 17.6. The van der Waals surface area contributed by atoms with Crippen molar-refractivity contribution in [3.63, 3.8) is 0 Å². The largest absolute Gasteiger partial charge is 0.506 e. The van der Waals surface area contributed by atoms with Crippen molar-refractivity contribution in [3.05, 3.63) is 60.0 Å². The third kappa shape index (κ3) is 4.38. The third-order valence-electron chi connectivity index (χ3n) is 2.77. The Morgan fingerprint density at radius 1 is 1.35 bits per heavy atom. The summed E-state index contributed by atoms with van der Waals surface area (Å²) in [4.78, 5) is 11.9. The molecule has 5 nitrogen and oxygen atoms in total. The van der Waals surface area contributed by atoms with Crippen molar-refractivity contribution in [2.24, 2.45) is 5.10 Å². The summed E-state index contributed by atoms with van der Waals surface area (Å²) in [6.45, 7) is 0. The van der Waals surface area contributed by atoms with Crippen molar-refractivity contribution in [2.45, 2.75) is 0 Å². The second kappa shape index (κ2) is 7.69. The van der Waals surface area contributed by atoms with Gasteiger partial charge in [0.15, 0.2) is 0 Å². The van der Waals surface area contributed by atoms with Crippen molar-refractivity contribution in [1.29, 1.82) is 5.26 Å². The van der Waals surface area contributed by atoms with E-state index >= 15 is 0 Å². The molecule has 0 unspecified atom stereocenters. The summed E-state index contributed by atoms with van der Waals surface area (Å²) < 4.78 is 15.3. The number of aromatic hydroxyl groups is 1. The third-order valence-corrected chi connectivity index (χ3v) is 4.22. The first-order valence-corrected chi connectivity index (χ1v) is 8.29. The van der Waals surface area contributed by atoms with Crippen LogP contribution in [0.5, 0.6) is 5.75 Å². The predicted molar refractivity (Wildman–Crippen MR) is 99.7 cm³/mol. The van der Waals surface area contributed by atoms with Crippen molar-refractivity contribution < 1.29 is 14.3 Å². The quantitative estimate of drug-likeness (QED) is 0.360. The first-order chi connectivity index (χ1) is 10.9. The van der Waals surface area contributed by atoms with Gasteiger partial charge in [-0.1, -0.05) is 0 Å². The van der Waals surface area contributed by atoms with Crippen LogP contribution in [0.25, 0.3) is 0 Å². The van der Waals surface area contributed by atoms with Crippen LogP contribution >= 0.6 is 45.2 Å². The van der Waals surface area contributed by atoms with Gasteiger partial charge >= 0.3 is 0 Å². The number of amides is 1. The monoisotopic (exact) mass is 535 g/mol. The van der Waals surface area contributed by atoms with Crippen LogP contribution in [-0.4, -0.2) is 17.2 Å². The van der Waals surface area contributed by atoms with E-state index in [-0.39, 0.29) is 16.9 Å². The van der Waals surface area contributed by atoms with Crippen LogP contribution in [0, 0.1) is 24.3 Å². The maximum Gasteiger partial charge on any atom is 0.274 e. The zero-order valence-electron chi connectivity index (χ0n) is 11.3. The van der Waals surface area contributed by atoms with E-state index in [4.69, 9.17) is 5.26 Å². The summed E-state index contributed by atoms with van der Waals surface area (Å²) in [7, 11) is 0. The average Bonchev–Trinajstić information content (AvgIpc) is 2.51. The van der Waals surface area contributed by atoms with Crippen LogP contribution < -0.4 is 5.43 Å². The molecule has 116 valence electrons. The molecule has 0 bridgehead atoms. The number of nitrogens with zero attached hydrogens (tertiary/aromatic N) is 2. The van der Waals surface area contributed by atoms with Crippen LogP contribution in [0.4, 0.5) is 4.39 Å². The number of hydrogen-bond donors (Lipinski definition) is 2. The number of carbonyl (C=O) groups excluding carboxylic acids is 1. The molecule has 0 aliphatic rings. The lowest BCUT2D eigenvalue weighted by Gasteiger charge is -2.04. The highest BCUT2D eigenvalue weighted by Gasteiger charge is 2.11. The second-order valence-electron chi connectivity index (χ2n) is 4.33. The molecule has 1 amide bonds. The van der Waals surface area contributed by atoms with E-state index in [9.17, 15) is 14.3 Å². The highest BCUT2D eigenvalue weighted by molar-refractivity contribution is 14.1. The molecule has 23 heavy (non-hydrogen) atoms. The SMILES string of the molecule is N#Cc1ccc(C(=O)N/N=C\c2cc(I)cc(I)c2O)c(F)c1. The minimum absolute atomic E-state index is 0.0496. The molecule has 0 radical (unpaired) electrons. The second-order valence-corrected chi connectivity index (χ2v) is 6.74. The molecule has 2 aromatic rings. The summed E-state index contributed by atoms with van der Waals surface area (Å²) in [5.74, 6) is -1.50. The lowest BCUT2D eigenvalue weighted by atomic mass is 10.1. The Kier molecular flexibility index (Phi) is 5.89. The highest BCUT2D eigenvalue weighted by atomic mass is 127. The van der Waals surface area contributed by atoms with E-state index in [0.717, 1.165) is 9.64 Å². The fraction of sp³-hybridized carbons (Fsp3) is 0. The Morgan fingerprint density at radius 2 is 2.09 bits per heavy atom. The molecule has 0 spiro atoms. The topological polar surface area (TPSA) is 85.5 Å². The number of phenols is 1. The molecule has 0 aliphatic heterocycles. The average molecular weight is 535 g/mol. The van der Waals surface area contributed by atoms with Crippen LogP contribution in [0.2, 0.25) is 0 Å². The molecule has 2 rings (SSSR count). The van der Waals surface area contributed by atoms with E-state index in [2.05, 4.69) is 33.1 Å². The van der Waals surface area contributed by atoms with Crippen LogP contribution in [-0.2, 0) is 0 Å². The van der Waals surface area contributed by atoms with Gasteiger partial charge < -0.3 is 5.11 Å². The Hall–Kier alpha value is -1.74. The molecule has 2 N–H and O–H groups in total. The fourth-order valence-corrected chi connectivity index (χ4v) is 3.56. The maximum atomic E-state index is 13.7.